The Morgan fingerprint density at radius 3 is 3.07 bits per heavy atom. The highest BCUT2D eigenvalue weighted by atomic mass is 79.9. The van der Waals surface area contributed by atoms with E-state index in [1.165, 1.54) is 6.07 Å². The molecule has 1 nitrogen and oxygen atoms in total. The highest BCUT2D eigenvalue weighted by Gasteiger charge is 2.20. The van der Waals surface area contributed by atoms with E-state index in [-0.39, 0.29) is 5.82 Å². The zero-order chi connectivity index (χ0) is 10.1. The third-order valence-corrected chi connectivity index (χ3v) is 4.25. The lowest BCUT2D eigenvalue weighted by atomic mass is 10.0. The molecule has 0 unspecified atom stereocenters. The van der Waals surface area contributed by atoms with E-state index >= 15 is 0 Å². The zero-order valence-corrected chi connectivity index (χ0v) is 9.87. The van der Waals surface area contributed by atoms with Gasteiger partial charge in [0.1, 0.15) is 5.82 Å². The maximum absolute atomic E-state index is 13.2. The van der Waals surface area contributed by atoms with Crippen LogP contribution in [0.3, 0.4) is 0 Å². The Balaban J connectivity index is 2.53. The molecule has 0 aliphatic carbocycles. The molecule has 1 atom stereocenters. The van der Waals surface area contributed by atoms with Gasteiger partial charge in [-0.05, 0) is 45.3 Å². The van der Waals surface area contributed by atoms with Crippen LogP contribution in [0.5, 0.6) is 0 Å². The predicted octanol–water partition coefficient (Wildman–Crippen LogP) is 3.26. The molecule has 1 aliphatic heterocycles. The van der Waals surface area contributed by atoms with Crippen molar-refractivity contribution >= 4 is 27.7 Å². The fourth-order valence-corrected chi connectivity index (χ4v) is 3.33. The van der Waals surface area contributed by atoms with Crippen molar-refractivity contribution in [2.75, 3.05) is 5.75 Å². The first kappa shape index (κ1) is 10.5. The molecule has 0 spiro atoms. The van der Waals surface area contributed by atoms with Crippen LogP contribution < -0.4 is 0 Å². The first-order valence-corrected chi connectivity index (χ1v) is 6.37. The fraction of sp³-hybridized carbons (Fsp3) is 0.400. The molecule has 1 N–H and O–H groups in total. The molecule has 0 aromatic heterocycles. The van der Waals surface area contributed by atoms with Crippen LogP contribution in [-0.4, -0.2) is 10.9 Å². The fourth-order valence-electron chi connectivity index (χ4n) is 1.59. The molecule has 76 valence electrons. The Morgan fingerprint density at radius 2 is 2.29 bits per heavy atom. The van der Waals surface area contributed by atoms with E-state index in [1.54, 1.807) is 17.8 Å². The number of aliphatic hydroxyl groups excluding tert-OH is 1. The lowest BCUT2D eigenvalue weighted by molar-refractivity contribution is 0.175. The minimum Gasteiger partial charge on any atom is -0.388 e. The van der Waals surface area contributed by atoms with Gasteiger partial charge in [0.05, 0.1) is 10.6 Å². The molecule has 1 aromatic rings. The van der Waals surface area contributed by atoms with Gasteiger partial charge < -0.3 is 5.11 Å². The second-order valence-electron chi connectivity index (χ2n) is 3.29. The molecule has 2 rings (SSSR count). The minimum atomic E-state index is -0.447. The minimum absolute atomic E-state index is 0.251. The van der Waals surface area contributed by atoms with Crippen molar-refractivity contribution in [2.45, 2.75) is 18.3 Å². The molecular formula is C10H10BrFOS. The van der Waals surface area contributed by atoms with Gasteiger partial charge in [-0.25, -0.2) is 4.39 Å². The van der Waals surface area contributed by atoms with E-state index in [4.69, 9.17) is 0 Å². The SMILES string of the molecule is O[C@@H]1CCSCc2c1ccc(F)c2Br. The lowest BCUT2D eigenvalue weighted by Gasteiger charge is -2.12. The first-order chi connectivity index (χ1) is 6.70. The van der Waals surface area contributed by atoms with Gasteiger partial charge in [-0.2, -0.15) is 11.8 Å². The number of fused-ring (bicyclic) bond motifs is 1. The van der Waals surface area contributed by atoms with Crippen molar-refractivity contribution < 1.29 is 9.50 Å². The Hall–Kier alpha value is -0.0600. The summed E-state index contributed by atoms with van der Waals surface area (Å²) in [4.78, 5) is 0. The van der Waals surface area contributed by atoms with E-state index in [9.17, 15) is 9.50 Å². The molecule has 0 bridgehead atoms. The first-order valence-electron chi connectivity index (χ1n) is 4.42. The maximum atomic E-state index is 13.2. The van der Waals surface area contributed by atoms with E-state index < -0.39 is 6.10 Å². The van der Waals surface area contributed by atoms with Gasteiger partial charge in [-0.1, -0.05) is 6.07 Å². The summed E-state index contributed by atoms with van der Waals surface area (Å²) >= 11 is 4.96. The van der Waals surface area contributed by atoms with Gasteiger partial charge in [-0.15, -0.1) is 0 Å². The summed E-state index contributed by atoms with van der Waals surface area (Å²) in [5, 5.41) is 9.80. The molecule has 0 saturated carbocycles. The van der Waals surface area contributed by atoms with Gasteiger partial charge in [0.15, 0.2) is 0 Å². The summed E-state index contributed by atoms with van der Waals surface area (Å²) in [5.74, 6) is 1.44. The third kappa shape index (κ3) is 1.83. The number of rotatable bonds is 0. The van der Waals surface area contributed by atoms with Crippen LogP contribution in [0.25, 0.3) is 0 Å². The summed E-state index contributed by atoms with van der Waals surface area (Å²) in [6, 6.07) is 3.09. The average Bonchev–Trinajstić information content (AvgIpc) is 2.35. The second-order valence-corrected chi connectivity index (χ2v) is 5.18. The van der Waals surface area contributed by atoms with Crippen LogP contribution in [0.4, 0.5) is 4.39 Å². The number of thioether (sulfide) groups is 1. The number of hydrogen-bond acceptors (Lipinski definition) is 2. The molecule has 14 heavy (non-hydrogen) atoms. The number of aliphatic hydroxyl groups is 1. The Bertz CT molecular complexity index is 356. The Labute approximate surface area is 94.8 Å². The largest absolute Gasteiger partial charge is 0.388 e. The highest BCUT2D eigenvalue weighted by molar-refractivity contribution is 9.10. The lowest BCUT2D eigenvalue weighted by Crippen LogP contribution is -2.01. The topological polar surface area (TPSA) is 20.2 Å². The highest BCUT2D eigenvalue weighted by Crippen LogP contribution is 2.35. The van der Waals surface area contributed by atoms with Crippen LogP contribution in [0.15, 0.2) is 16.6 Å². The quantitative estimate of drug-likeness (QED) is 0.785. The van der Waals surface area contributed by atoms with Gasteiger partial charge in [-0.3, -0.25) is 0 Å². The average molecular weight is 277 g/mol. The van der Waals surface area contributed by atoms with Crippen LogP contribution in [0, 0.1) is 5.82 Å². The molecule has 0 saturated heterocycles. The van der Waals surface area contributed by atoms with E-state index in [0.717, 1.165) is 29.1 Å². The predicted molar refractivity (Wildman–Crippen MR) is 59.8 cm³/mol. The van der Waals surface area contributed by atoms with Crippen LogP contribution in [-0.2, 0) is 5.75 Å². The van der Waals surface area contributed by atoms with E-state index in [1.807, 2.05) is 0 Å². The van der Waals surface area contributed by atoms with Crippen molar-refractivity contribution in [1.29, 1.82) is 0 Å². The molecule has 1 heterocycles. The number of benzene rings is 1. The molecular weight excluding hydrogens is 267 g/mol. The Morgan fingerprint density at radius 1 is 1.50 bits per heavy atom. The maximum Gasteiger partial charge on any atom is 0.137 e. The van der Waals surface area contributed by atoms with Crippen molar-refractivity contribution in [3.8, 4) is 0 Å². The van der Waals surface area contributed by atoms with Crippen molar-refractivity contribution in [3.63, 3.8) is 0 Å². The van der Waals surface area contributed by atoms with Crippen LogP contribution in [0.1, 0.15) is 23.7 Å². The number of hydrogen-bond donors (Lipinski definition) is 1. The summed E-state index contributed by atoms with van der Waals surface area (Å²) < 4.78 is 13.7. The van der Waals surface area contributed by atoms with Gasteiger partial charge >= 0.3 is 0 Å². The smallest absolute Gasteiger partial charge is 0.137 e. The molecule has 4 heteroatoms. The molecule has 1 aliphatic rings. The normalized spacial score (nSPS) is 21.5. The van der Waals surface area contributed by atoms with Gasteiger partial charge in [0.2, 0.25) is 0 Å². The molecule has 0 fully saturated rings. The van der Waals surface area contributed by atoms with E-state index in [2.05, 4.69) is 15.9 Å². The van der Waals surface area contributed by atoms with Crippen molar-refractivity contribution in [2.24, 2.45) is 0 Å². The summed E-state index contributed by atoms with van der Waals surface area (Å²) in [7, 11) is 0. The number of halogens is 2. The molecule has 0 amide bonds. The Kier molecular flexibility index (Phi) is 3.14. The summed E-state index contributed by atoms with van der Waals surface area (Å²) in [6.45, 7) is 0. The summed E-state index contributed by atoms with van der Waals surface area (Å²) in [5.41, 5.74) is 1.77. The van der Waals surface area contributed by atoms with Gasteiger partial charge in [0.25, 0.3) is 0 Å². The monoisotopic (exact) mass is 276 g/mol. The van der Waals surface area contributed by atoms with Crippen molar-refractivity contribution in [3.05, 3.63) is 33.5 Å². The summed E-state index contributed by atoms with van der Waals surface area (Å²) in [6.07, 6.45) is 0.298. The molecule has 1 aromatic carbocycles. The third-order valence-electron chi connectivity index (χ3n) is 2.37. The van der Waals surface area contributed by atoms with Crippen molar-refractivity contribution in [1.82, 2.24) is 0 Å². The second kappa shape index (κ2) is 4.21. The van der Waals surface area contributed by atoms with E-state index in [0.29, 0.717) is 4.47 Å². The van der Waals surface area contributed by atoms with Gasteiger partial charge in [0, 0.05) is 5.75 Å². The molecule has 0 radical (unpaired) electrons. The van der Waals surface area contributed by atoms with Crippen LogP contribution in [0.2, 0.25) is 0 Å². The zero-order valence-electron chi connectivity index (χ0n) is 7.46. The standard InChI is InChI=1S/C10H10BrFOS/c11-10-7-5-14-4-3-9(13)6(7)1-2-8(10)12/h1-2,9,13H,3-5H2/t9-/m1/s1. The van der Waals surface area contributed by atoms with Crippen LogP contribution >= 0.6 is 27.7 Å².